The summed E-state index contributed by atoms with van der Waals surface area (Å²) in [6.07, 6.45) is 7.58. The van der Waals surface area contributed by atoms with E-state index in [1.165, 1.54) is 12.8 Å². The molecule has 0 radical (unpaired) electrons. The Bertz CT molecular complexity index is 1130. The van der Waals surface area contributed by atoms with Crippen LogP contribution >= 0.6 is 0 Å². The van der Waals surface area contributed by atoms with Gasteiger partial charge in [0.05, 0.1) is 0 Å². The van der Waals surface area contributed by atoms with Crippen molar-refractivity contribution in [3.05, 3.63) is 29.3 Å². The number of benzene rings is 1. The minimum atomic E-state index is -0.606. The molecule has 1 aliphatic carbocycles. The van der Waals surface area contributed by atoms with Crippen molar-refractivity contribution < 1.29 is 23.9 Å². The summed E-state index contributed by atoms with van der Waals surface area (Å²) in [6.45, 7) is 6.01. The first kappa shape index (κ1) is 25.3. The molecule has 1 saturated carbocycles. The van der Waals surface area contributed by atoms with Crippen LogP contribution in [0.1, 0.15) is 74.2 Å². The predicted octanol–water partition coefficient (Wildman–Crippen LogP) is 2.33. The monoisotopic (exact) mass is 522 g/mol. The number of likely N-dealkylation sites (tertiary alicyclic amines) is 2. The van der Waals surface area contributed by atoms with Crippen LogP contribution in [-0.4, -0.2) is 82.7 Å². The van der Waals surface area contributed by atoms with Crippen molar-refractivity contribution in [1.82, 2.24) is 20.0 Å². The molecule has 4 atom stereocenters. The van der Waals surface area contributed by atoms with Gasteiger partial charge in [-0.1, -0.05) is 6.42 Å². The van der Waals surface area contributed by atoms with E-state index < -0.39 is 6.04 Å². The van der Waals surface area contributed by atoms with Crippen molar-refractivity contribution in [2.24, 2.45) is 11.8 Å². The number of nitrogens with one attached hydrogen (secondary N) is 1. The lowest BCUT2D eigenvalue weighted by Gasteiger charge is -2.52. The number of hydrogen-bond donors (Lipinski definition) is 1. The Kier molecular flexibility index (Phi) is 6.88. The van der Waals surface area contributed by atoms with Gasteiger partial charge in [0, 0.05) is 57.7 Å². The summed E-state index contributed by atoms with van der Waals surface area (Å²) in [5, 5.41) is 2.36. The van der Waals surface area contributed by atoms with Crippen LogP contribution < -0.4 is 10.1 Å². The van der Waals surface area contributed by atoms with Crippen molar-refractivity contribution in [3.8, 4) is 5.75 Å². The van der Waals surface area contributed by atoms with Crippen molar-refractivity contribution in [2.45, 2.75) is 83.0 Å². The number of nitrogens with zero attached hydrogens (tertiary/aromatic N) is 3. The van der Waals surface area contributed by atoms with Crippen molar-refractivity contribution in [2.75, 3.05) is 26.2 Å². The highest BCUT2D eigenvalue weighted by Crippen LogP contribution is 2.37. The fraction of sp³-hybridized carbons (Fsp3) is 0.655. The van der Waals surface area contributed by atoms with E-state index >= 15 is 0 Å². The predicted molar refractivity (Wildman–Crippen MR) is 139 cm³/mol. The van der Waals surface area contributed by atoms with E-state index in [-0.39, 0.29) is 36.2 Å². The number of imide groups is 1. The second-order valence-electron chi connectivity index (χ2n) is 11.8. The van der Waals surface area contributed by atoms with E-state index in [9.17, 15) is 19.2 Å². The Hall–Kier alpha value is -2.94. The first-order chi connectivity index (χ1) is 18.4. The summed E-state index contributed by atoms with van der Waals surface area (Å²) in [5.74, 6) is 1.41. The summed E-state index contributed by atoms with van der Waals surface area (Å²) in [6, 6.07) is 5.45. The van der Waals surface area contributed by atoms with Gasteiger partial charge < -0.3 is 14.5 Å². The van der Waals surface area contributed by atoms with Gasteiger partial charge in [0.1, 0.15) is 17.9 Å². The third-order valence-electron chi connectivity index (χ3n) is 9.43. The standard InChI is InChI=1S/C29H38N4O5/c1-18(34)31-12-4-5-19(14-31)21-15-32(16-21)24-6-2-3-7-26(24)38-22-8-9-23-20(13-22)17-33(29(23)37)25-10-11-27(35)30-28(25)36/h8-9,13,19,21,24-26H,2-7,10-12,14-17H2,1H3,(H,30,35,36)/t19?,24-,25?,26?/m1/s1. The molecular formula is C29H38N4O5. The van der Waals surface area contributed by atoms with Crippen LogP contribution in [0, 0.1) is 11.8 Å². The zero-order valence-electron chi connectivity index (χ0n) is 22.2. The first-order valence-electron chi connectivity index (χ1n) is 14.3. The summed E-state index contributed by atoms with van der Waals surface area (Å²) < 4.78 is 6.58. The third kappa shape index (κ3) is 4.81. The minimum absolute atomic E-state index is 0.117. The number of amides is 4. The molecule has 4 fully saturated rings. The van der Waals surface area contributed by atoms with Gasteiger partial charge in [-0.05, 0) is 74.1 Å². The van der Waals surface area contributed by atoms with Crippen molar-refractivity contribution in [1.29, 1.82) is 0 Å². The van der Waals surface area contributed by atoms with E-state index in [2.05, 4.69) is 10.2 Å². The number of ether oxygens (including phenoxy) is 1. The Balaban J connectivity index is 1.08. The first-order valence-corrected chi connectivity index (χ1v) is 14.3. The number of rotatable bonds is 5. The lowest BCUT2D eigenvalue weighted by molar-refractivity contribution is -0.137. The van der Waals surface area contributed by atoms with Crippen molar-refractivity contribution >= 4 is 23.6 Å². The highest BCUT2D eigenvalue weighted by atomic mass is 16.5. The van der Waals surface area contributed by atoms with E-state index in [0.717, 1.165) is 63.2 Å². The van der Waals surface area contributed by atoms with E-state index in [1.807, 2.05) is 23.1 Å². The maximum absolute atomic E-state index is 13.0. The van der Waals surface area contributed by atoms with Gasteiger partial charge in [0.15, 0.2) is 0 Å². The van der Waals surface area contributed by atoms with Gasteiger partial charge in [-0.15, -0.1) is 0 Å². The minimum Gasteiger partial charge on any atom is -0.489 e. The quantitative estimate of drug-likeness (QED) is 0.596. The normalized spacial score (nSPS) is 30.6. The molecule has 3 saturated heterocycles. The summed E-state index contributed by atoms with van der Waals surface area (Å²) >= 11 is 0. The Morgan fingerprint density at radius 2 is 1.79 bits per heavy atom. The fourth-order valence-corrected chi connectivity index (χ4v) is 7.23. The summed E-state index contributed by atoms with van der Waals surface area (Å²) in [5.41, 5.74) is 1.49. The van der Waals surface area contributed by atoms with Gasteiger partial charge >= 0.3 is 0 Å². The molecule has 1 N–H and O–H groups in total. The molecule has 0 spiro atoms. The smallest absolute Gasteiger partial charge is 0.255 e. The average molecular weight is 523 g/mol. The molecule has 1 aromatic carbocycles. The zero-order valence-corrected chi connectivity index (χ0v) is 22.2. The van der Waals surface area contributed by atoms with E-state index in [1.54, 1.807) is 11.8 Å². The molecule has 4 aliphatic heterocycles. The van der Waals surface area contributed by atoms with Crippen LogP contribution in [0.4, 0.5) is 0 Å². The Labute approximate surface area is 223 Å². The lowest BCUT2D eigenvalue weighted by atomic mass is 9.78. The molecule has 38 heavy (non-hydrogen) atoms. The second-order valence-corrected chi connectivity index (χ2v) is 11.8. The zero-order chi connectivity index (χ0) is 26.4. The van der Waals surface area contributed by atoms with Crippen LogP contribution in [0.25, 0.3) is 0 Å². The van der Waals surface area contributed by atoms with E-state index in [0.29, 0.717) is 36.4 Å². The fourth-order valence-electron chi connectivity index (χ4n) is 7.23. The summed E-state index contributed by atoms with van der Waals surface area (Å²) in [4.78, 5) is 55.0. The molecule has 1 aromatic rings. The van der Waals surface area contributed by atoms with Crippen LogP contribution in [0.5, 0.6) is 5.75 Å². The molecule has 4 amide bonds. The highest BCUT2D eigenvalue weighted by Gasteiger charge is 2.43. The molecule has 204 valence electrons. The highest BCUT2D eigenvalue weighted by molar-refractivity contribution is 6.05. The van der Waals surface area contributed by atoms with Gasteiger partial charge in [-0.2, -0.15) is 0 Å². The van der Waals surface area contributed by atoms with Gasteiger partial charge in [0.2, 0.25) is 17.7 Å². The maximum atomic E-state index is 13.0. The molecule has 9 heteroatoms. The second kappa shape index (κ2) is 10.3. The number of piperidine rings is 2. The Morgan fingerprint density at radius 1 is 0.974 bits per heavy atom. The average Bonchev–Trinajstić information content (AvgIpc) is 3.19. The molecule has 3 unspecified atom stereocenters. The largest absolute Gasteiger partial charge is 0.489 e. The van der Waals surface area contributed by atoms with Crippen LogP contribution in [-0.2, 0) is 20.9 Å². The SMILES string of the molecule is CC(=O)N1CCCC(C2CN([C@@H]3CCCCC3Oc3ccc4c(c3)CN(C3CCC(=O)NC3=O)C4=O)C2)C1. The molecular weight excluding hydrogens is 484 g/mol. The Morgan fingerprint density at radius 3 is 2.58 bits per heavy atom. The lowest BCUT2D eigenvalue weighted by Crippen LogP contribution is -2.60. The molecule has 0 bridgehead atoms. The van der Waals surface area contributed by atoms with Crippen molar-refractivity contribution in [3.63, 3.8) is 0 Å². The number of carbonyl (C=O) groups excluding carboxylic acids is 4. The number of fused-ring (bicyclic) bond motifs is 1. The van der Waals surface area contributed by atoms with Gasteiger partial charge in [-0.3, -0.25) is 29.4 Å². The van der Waals surface area contributed by atoms with Crippen LogP contribution in [0.2, 0.25) is 0 Å². The molecule has 9 nitrogen and oxygen atoms in total. The number of hydrogen-bond acceptors (Lipinski definition) is 6. The molecule has 4 heterocycles. The molecule has 0 aromatic heterocycles. The van der Waals surface area contributed by atoms with Crippen LogP contribution in [0.15, 0.2) is 18.2 Å². The van der Waals surface area contributed by atoms with E-state index in [4.69, 9.17) is 4.74 Å². The topological polar surface area (TPSA) is 99.3 Å². The number of carbonyl (C=O) groups is 4. The molecule has 6 rings (SSSR count). The van der Waals surface area contributed by atoms with Gasteiger partial charge in [-0.25, -0.2) is 0 Å². The molecule has 5 aliphatic rings. The van der Waals surface area contributed by atoms with Gasteiger partial charge in [0.25, 0.3) is 5.91 Å². The summed E-state index contributed by atoms with van der Waals surface area (Å²) in [7, 11) is 0. The maximum Gasteiger partial charge on any atom is 0.255 e. The third-order valence-corrected chi connectivity index (χ3v) is 9.43. The van der Waals surface area contributed by atoms with Crippen LogP contribution in [0.3, 0.4) is 0 Å².